The van der Waals surface area contributed by atoms with Crippen molar-refractivity contribution in [1.82, 2.24) is 0 Å². The van der Waals surface area contributed by atoms with E-state index in [9.17, 15) is 9.59 Å². The molecule has 4 nitrogen and oxygen atoms in total. The average molecular weight is 198 g/mol. The maximum atomic E-state index is 10.9. The Hall–Kier alpha value is -1.58. The molecule has 0 aromatic rings. The van der Waals surface area contributed by atoms with Gasteiger partial charge in [0.2, 0.25) is 0 Å². The van der Waals surface area contributed by atoms with Gasteiger partial charge >= 0.3 is 11.9 Å². The number of allylic oxidation sites excluding steroid dienone is 2. The van der Waals surface area contributed by atoms with Gasteiger partial charge < -0.3 is 9.84 Å². The van der Waals surface area contributed by atoms with Gasteiger partial charge in [-0.3, -0.25) is 0 Å². The molecule has 0 aromatic carbocycles. The molecular weight excluding hydrogens is 184 g/mol. The highest BCUT2D eigenvalue weighted by atomic mass is 16.5. The quantitative estimate of drug-likeness (QED) is 0.304. The fourth-order valence-corrected chi connectivity index (χ4v) is 0.637. The van der Waals surface area contributed by atoms with Crippen LogP contribution < -0.4 is 0 Å². The summed E-state index contributed by atoms with van der Waals surface area (Å²) in [5, 5.41) is 8.22. The fourth-order valence-electron chi connectivity index (χ4n) is 0.637. The number of esters is 1. The van der Waals surface area contributed by atoms with Crippen molar-refractivity contribution in [3.05, 3.63) is 24.3 Å². The average Bonchev–Trinajstić information content (AvgIpc) is 2.13. The number of hydrogen-bond acceptors (Lipinski definition) is 3. The summed E-state index contributed by atoms with van der Waals surface area (Å²) in [5.41, 5.74) is 0. The van der Waals surface area contributed by atoms with Crippen molar-refractivity contribution in [3.63, 3.8) is 0 Å². The zero-order valence-corrected chi connectivity index (χ0v) is 8.10. The second-order valence-corrected chi connectivity index (χ2v) is 2.58. The van der Waals surface area contributed by atoms with Gasteiger partial charge in [0.15, 0.2) is 0 Å². The van der Waals surface area contributed by atoms with Crippen LogP contribution in [0.4, 0.5) is 0 Å². The Morgan fingerprint density at radius 3 is 2.50 bits per heavy atom. The third kappa shape index (κ3) is 8.52. The highest BCUT2D eigenvalue weighted by Crippen LogP contribution is 1.90. The zero-order chi connectivity index (χ0) is 10.8. The van der Waals surface area contributed by atoms with Crippen LogP contribution in [0.1, 0.15) is 19.8 Å². The number of aliphatic carboxylic acids is 1. The van der Waals surface area contributed by atoms with Gasteiger partial charge in [-0.15, -0.1) is 0 Å². The molecule has 0 saturated carbocycles. The zero-order valence-electron chi connectivity index (χ0n) is 8.10. The van der Waals surface area contributed by atoms with Gasteiger partial charge in [-0.25, -0.2) is 9.59 Å². The van der Waals surface area contributed by atoms with Gasteiger partial charge in [-0.2, -0.15) is 0 Å². The van der Waals surface area contributed by atoms with Crippen LogP contribution in [-0.2, 0) is 14.3 Å². The summed E-state index contributed by atoms with van der Waals surface area (Å²) >= 11 is 0. The van der Waals surface area contributed by atoms with Crippen LogP contribution >= 0.6 is 0 Å². The predicted molar refractivity (Wildman–Crippen MR) is 51.8 cm³/mol. The maximum absolute atomic E-state index is 10.9. The van der Waals surface area contributed by atoms with Crippen molar-refractivity contribution < 1.29 is 19.4 Å². The highest BCUT2D eigenvalue weighted by molar-refractivity contribution is 5.83. The molecule has 0 amide bonds. The Balaban J connectivity index is 3.66. The van der Waals surface area contributed by atoms with E-state index in [2.05, 4.69) is 0 Å². The number of ether oxygens (including phenoxy) is 1. The number of hydrogen-bond donors (Lipinski definition) is 1. The second kappa shape index (κ2) is 8.04. The van der Waals surface area contributed by atoms with Gasteiger partial charge in [0.25, 0.3) is 0 Å². The molecule has 0 fully saturated rings. The van der Waals surface area contributed by atoms with Gasteiger partial charge in [-0.1, -0.05) is 25.5 Å². The normalized spacial score (nSPS) is 10.9. The van der Waals surface area contributed by atoms with Crippen LogP contribution in [0.3, 0.4) is 0 Å². The Kier molecular flexibility index (Phi) is 7.13. The number of carboxylic acids is 1. The summed E-state index contributed by atoms with van der Waals surface area (Å²) in [6.07, 6.45) is 6.54. The summed E-state index contributed by atoms with van der Waals surface area (Å²) in [7, 11) is 0. The van der Waals surface area contributed by atoms with Crippen molar-refractivity contribution in [2.24, 2.45) is 0 Å². The number of unbranched alkanes of at least 4 members (excludes halogenated alkanes) is 1. The minimum atomic E-state index is -1.05. The maximum Gasteiger partial charge on any atom is 0.330 e. The number of carbonyl (C=O) groups is 2. The first-order valence-corrected chi connectivity index (χ1v) is 4.41. The Morgan fingerprint density at radius 2 is 1.93 bits per heavy atom. The lowest BCUT2D eigenvalue weighted by molar-refractivity contribution is -0.138. The van der Waals surface area contributed by atoms with Gasteiger partial charge in [0.1, 0.15) is 0 Å². The molecule has 14 heavy (non-hydrogen) atoms. The van der Waals surface area contributed by atoms with Crippen molar-refractivity contribution in [2.75, 3.05) is 6.61 Å². The lowest BCUT2D eigenvalue weighted by Crippen LogP contribution is -2.01. The van der Waals surface area contributed by atoms with E-state index in [0.717, 1.165) is 18.9 Å². The molecule has 78 valence electrons. The Morgan fingerprint density at radius 1 is 1.29 bits per heavy atom. The van der Waals surface area contributed by atoms with E-state index in [1.54, 1.807) is 0 Å². The van der Waals surface area contributed by atoms with Crippen LogP contribution in [0.5, 0.6) is 0 Å². The molecule has 0 saturated heterocycles. The molecule has 4 heteroatoms. The van der Waals surface area contributed by atoms with Crippen LogP contribution in [0.15, 0.2) is 24.3 Å². The number of rotatable bonds is 6. The Labute approximate surface area is 82.9 Å². The van der Waals surface area contributed by atoms with E-state index in [-0.39, 0.29) is 0 Å². The van der Waals surface area contributed by atoms with Crippen LogP contribution in [0.25, 0.3) is 0 Å². The molecule has 0 heterocycles. The summed E-state index contributed by atoms with van der Waals surface area (Å²) in [4.78, 5) is 20.9. The van der Waals surface area contributed by atoms with E-state index in [1.165, 1.54) is 18.2 Å². The molecule has 0 radical (unpaired) electrons. The van der Waals surface area contributed by atoms with E-state index >= 15 is 0 Å². The Bertz CT molecular complexity index is 241. The smallest absolute Gasteiger partial charge is 0.330 e. The summed E-state index contributed by atoms with van der Waals surface area (Å²) < 4.78 is 4.78. The second-order valence-electron chi connectivity index (χ2n) is 2.58. The van der Waals surface area contributed by atoms with Crippen molar-refractivity contribution in [3.8, 4) is 0 Å². The molecule has 0 atom stereocenters. The fraction of sp³-hybridized carbons (Fsp3) is 0.400. The van der Waals surface area contributed by atoms with E-state index in [0.29, 0.717) is 6.61 Å². The standard InChI is InChI=1S/C10H14O4/c1-2-3-8-14-10(13)7-5-4-6-9(11)12/h4-7H,2-3,8H2,1H3,(H,11,12)/b6-4+,7-5-. The topological polar surface area (TPSA) is 63.6 Å². The molecule has 0 aliphatic rings. The first kappa shape index (κ1) is 12.4. The summed E-state index contributed by atoms with van der Waals surface area (Å²) in [5.74, 6) is -1.50. The van der Waals surface area contributed by atoms with Gasteiger partial charge in [-0.05, 0) is 6.42 Å². The van der Waals surface area contributed by atoms with Gasteiger partial charge in [0.05, 0.1) is 6.61 Å². The van der Waals surface area contributed by atoms with E-state index < -0.39 is 11.9 Å². The SMILES string of the molecule is CCCCOC(=O)/C=C\C=C\C(=O)O. The largest absolute Gasteiger partial charge is 0.478 e. The molecule has 0 aromatic heterocycles. The summed E-state index contributed by atoms with van der Waals surface area (Å²) in [6, 6.07) is 0. The third-order valence-electron chi connectivity index (χ3n) is 1.32. The van der Waals surface area contributed by atoms with Crippen molar-refractivity contribution >= 4 is 11.9 Å². The van der Waals surface area contributed by atoms with Crippen LogP contribution in [-0.4, -0.2) is 23.7 Å². The van der Waals surface area contributed by atoms with Crippen LogP contribution in [0.2, 0.25) is 0 Å². The first-order valence-electron chi connectivity index (χ1n) is 4.41. The molecular formula is C10H14O4. The van der Waals surface area contributed by atoms with Crippen molar-refractivity contribution in [2.45, 2.75) is 19.8 Å². The number of carboxylic acid groups (broad SMARTS) is 1. The molecule has 1 N–H and O–H groups in total. The molecule has 0 bridgehead atoms. The van der Waals surface area contributed by atoms with Gasteiger partial charge in [0, 0.05) is 12.2 Å². The predicted octanol–water partition coefficient (Wildman–Crippen LogP) is 1.53. The van der Waals surface area contributed by atoms with E-state index in [1.807, 2.05) is 6.92 Å². The molecule has 0 unspecified atom stereocenters. The molecule has 0 rings (SSSR count). The molecule has 0 aliphatic carbocycles. The third-order valence-corrected chi connectivity index (χ3v) is 1.32. The number of carbonyl (C=O) groups excluding carboxylic acids is 1. The van der Waals surface area contributed by atoms with Crippen molar-refractivity contribution in [1.29, 1.82) is 0 Å². The minimum absolute atomic E-state index is 0.405. The monoisotopic (exact) mass is 198 g/mol. The molecule has 0 spiro atoms. The summed E-state index contributed by atoms with van der Waals surface area (Å²) in [6.45, 7) is 2.40. The lowest BCUT2D eigenvalue weighted by atomic mass is 10.4. The molecule has 0 aliphatic heterocycles. The first-order chi connectivity index (χ1) is 6.66. The van der Waals surface area contributed by atoms with E-state index in [4.69, 9.17) is 9.84 Å². The lowest BCUT2D eigenvalue weighted by Gasteiger charge is -1.97. The van der Waals surface area contributed by atoms with Crippen LogP contribution in [0, 0.1) is 0 Å². The highest BCUT2D eigenvalue weighted by Gasteiger charge is 1.93. The minimum Gasteiger partial charge on any atom is -0.478 e.